The molecule has 0 aliphatic carbocycles. The van der Waals surface area contributed by atoms with Gasteiger partial charge in [0.2, 0.25) is 0 Å². The normalized spacial score (nSPS) is 11.4. The summed E-state index contributed by atoms with van der Waals surface area (Å²) in [6, 6.07) is 7.90. The van der Waals surface area contributed by atoms with Gasteiger partial charge in [0, 0.05) is 10.2 Å². The van der Waals surface area contributed by atoms with Crippen LogP contribution in [0.2, 0.25) is 0 Å². The first-order chi connectivity index (χ1) is 10.3. The molecule has 0 unspecified atom stereocenters. The Labute approximate surface area is 136 Å². The fourth-order valence-electron chi connectivity index (χ4n) is 1.81. The second-order valence-electron chi connectivity index (χ2n) is 4.69. The van der Waals surface area contributed by atoms with Crippen LogP contribution in [-0.4, -0.2) is 24.1 Å². The van der Waals surface area contributed by atoms with Gasteiger partial charge >= 0.3 is 0 Å². The van der Waals surface area contributed by atoms with Crippen molar-refractivity contribution in [1.29, 1.82) is 0 Å². The number of benzene rings is 1. The average Bonchev–Trinajstić information content (AvgIpc) is 2.75. The zero-order chi connectivity index (χ0) is 16.3. The number of nitrogens with one attached hydrogen (secondary N) is 2. The van der Waals surface area contributed by atoms with Crippen molar-refractivity contribution in [2.24, 2.45) is 0 Å². The molecule has 0 aliphatic rings. The first kappa shape index (κ1) is 16.7. The molecule has 2 N–H and O–H groups in total. The smallest absolute Gasteiger partial charge is 0.257 e. The van der Waals surface area contributed by atoms with Gasteiger partial charge in [-0.15, -0.1) is 4.83 Å². The van der Waals surface area contributed by atoms with Gasteiger partial charge in [0.25, 0.3) is 15.9 Å². The number of carbonyl (C=O) groups excluding carboxylic acids is 1. The van der Waals surface area contributed by atoms with Gasteiger partial charge in [-0.25, -0.2) is 8.42 Å². The summed E-state index contributed by atoms with van der Waals surface area (Å²) in [6.07, 6.45) is 0. The molecule has 1 aromatic carbocycles. The Bertz CT molecular complexity index is 784. The third-order valence-electron chi connectivity index (χ3n) is 2.85. The van der Waals surface area contributed by atoms with Gasteiger partial charge in [-0.05, 0) is 44.2 Å². The number of amides is 1. The standard InChI is InChI=1S/C13H15BrN4O3S/c1-9-7-10(2)18(16-9)8-13(19)15-17-22(20,21)12-5-3-11(14)4-6-12/h3-7,17H,8H2,1-2H3,(H,15,19). The minimum atomic E-state index is -3.80. The average molecular weight is 387 g/mol. The van der Waals surface area contributed by atoms with Gasteiger partial charge in [-0.2, -0.15) is 5.10 Å². The Morgan fingerprint density at radius 1 is 1.27 bits per heavy atom. The molecule has 0 bridgehead atoms. The van der Waals surface area contributed by atoms with Crippen molar-refractivity contribution in [3.05, 3.63) is 46.2 Å². The van der Waals surface area contributed by atoms with Crippen molar-refractivity contribution in [2.45, 2.75) is 25.3 Å². The summed E-state index contributed by atoms with van der Waals surface area (Å²) in [5.74, 6) is -0.508. The predicted molar refractivity (Wildman–Crippen MR) is 84.3 cm³/mol. The molecule has 22 heavy (non-hydrogen) atoms. The summed E-state index contributed by atoms with van der Waals surface area (Å²) in [5.41, 5.74) is 3.79. The zero-order valence-corrected chi connectivity index (χ0v) is 14.4. The Balaban J connectivity index is 1.98. The fourth-order valence-corrected chi connectivity index (χ4v) is 2.93. The van der Waals surface area contributed by atoms with Crippen LogP contribution in [0.15, 0.2) is 39.7 Å². The topological polar surface area (TPSA) is 93.1 Å². The lowest BCUT2D eigenvalue weighted by Gasteiger charge is -2.09. The van der Waals surface area contributed by atoms with Crippen LogP contribution in [0.5, 0.6) is 0 Å². The number of sulfonamides is 1. The highest BCUT2D eigenvalue weighted by atomic mass is 79.9. The number of hydrazine groups is 1. The molecule has 0 fully saturated rings. The number of rotatable bonds is 5. The van der Waals surface area contributed by atoms with Crippen molar-refractivity contribution in [2.75, 3.05) is 0 Å². The maximum atomic E-state index is 12.0. The van der Waals surface area contributed by atoms with E-state index in [1.165, 1.54) is 16.8 Å². The third kappa shape index (κ3) is 4.15. The van der Waals surface area contributed by atoms with Crippen LogP contribution in [0.1, 0.15) is 11.4 Å². The minimum absolute atomic E-state index is 0.0575. The van der Waals surface area contributed by atoms with Gasteiger partial charge in [0.15, 0.2) is 0 Å². The Hall–Kier alpha value is -1.71. The second kappa shape index (κ2) is 6.59. The molecule has 0 atom stereocenters. The van der Waals surface area contributed by atoms with Crippen LogP contribution in [0.3, 0.4) is 0 Å². The fraction of sp³-hybridized carbons (Fsp3) is 0.231. The molecule has 0 radical (unpaired) electrons. The SMILES string of the molecule is Cc1cc(C)n(CC(=O)NNS(=O)(=O)c2ccc(Br)cc2)n1. The number of hydrogen-bond acceptors (Lipinski definition) is 4. The molecule has 0 aliphatic heterocycles. The zero-order valence-electron chi connectivity index (χ0n) is 12.0. The summed E-state index contributed by atoms with van der Waals surface area (Å²) in [7, 11) is -3.80. The van der Waals surface area contributed by atoms with Crippen molar-refractivity contribution < 1.29 is 13.2 Å². The molecule has 0 saturated heterocycles. The highest BCUT2D eigenvalue weighted by Gasteiger charge is 2.15. The molecular formula is C13H15BrN4O3S. The molecule has 2 aromatic rings. The summed E-state index contributed by atoms with van der Waals surface area (Å²) >= 11 is 3.23. The maximum Gasteiger partial charge on any atom is 0.257 e. The second-order valence-corrected chi connectivity index (χ2v) is 7.29. The Kier molecular flexibility index (Phi) is 4.99. The third-order valence-corrected chi connectivity index (χ3v) is 4.64. The molecule has 0 saturated carbocycles. The van der Waals surface area contributed by atoms with E-state index in [0.717, 1.165) is 15.9 Å². The number of nitrogens with zero attached hydrogens (tertiary/aromatic N) is 2. The molecule has 1 aromatic heterocycles. The van der Waals surface area contributed by atoms with E-state index in [-0.39, 0.29) is 11.4 Å². The maximum absolute atomic E-state index is 12.0. The molecule has 1 amide bonds. The van der Waals surface area contributed by atoms with E-state index in [9.17, 15) is 13.2 Å². The monoisotopic (exact) mass is 386 g/mol. The lowest BCUT2D eigenvalue weighted by atomic mass is 10.4. The van der Waals surface area contributed by atoms with Crippen molar-refractivity contribution in [1.82, 2.24) is 20.0 Å². The van der Waals surface area contributed by atoms with Crippen LogP contribution < -0.4 is 10.3 Å². The van der Waals surface area contributed by atoms with Gasteiger partial charge in [0.05, 0.1) is 10.6 Å². The van der Waals surface area contributed by atoms with Gasteiger partial charge < -0.3 is 0 Å². The predicted octanol–water partition coefficient (Wildman–Crippen LogP) is 1.27. The molecule has 9 heteroatoms. The lowest BCUT2D eigenvalue weighted by molar-refractivity contribution is -0.122. The summed E-state index contributed by atoms with van der Waals surface area (Å²) in [6.45, 7) is 3.57. The minimum Gasteiger partial charge on any atom is -0.276 e. The molecule has 118 valence electrons. The largest absolute Gasteiger partial charge is 0.276 e. The van der Waals surface area contributed by atoms with E-state index >= 15 is 0 Å². The van der Waals surface area contributed by atoms with Crippen molar-refractivity contribution in [3.63, 3.8) is 0 Å². The molecule has 0 spiro atoms. The quantitative estimate of drug-likeness (QED) is 0.756. The first-order valence-electron chi connectivity index (χ1n) is 6.35. The highest BCUT2D eigenvalue weighted by Crippen LogP contribution is 2.13. The number of aryl methyl sites for hydroxylation is 2. The first-order valence-corrected chi connectivity index (χ1v) is 8.63. The summed E-state index contributed by atoms with van der Waals surface area (Å²) in [4.78, 5) is 13.9. The molecule has 2 rings (SSSR count). The van der Waals surface area contributed by atoms with Crippen LogP contribution in [-0.2, 0) is 21.4 Å². The van der Waals surface area contributed by atoms with Crippen LogP contribution >= 0.6 is 15.9 Å². The van der Waals surface area contributed by atoms with Crippen LogP contribution in [0, 0.1) is 13.8 Å². The van der Waals surface area contributed by atoms with Gasteiger partial charge in [-0.1, -0.05) is 15.9 Å². The number of aromatic nitrogens is 2. The van der Waals surface area contributed by atoms with Gasteiger partial charge in [-0.3, -0.25) is 14.9 Å². The van der Waals surface area contributed by atoms with E-state index in [0.29, 0.717) is 0 Å². The Morgan fingerprint density at radius 3 is 2.45 bits per heavy atom. The van der Waals surface area contributed by atoms with E-state index < -0.39 is 15.9 Å². The molecule has 1 heterocycles. The lowest BCUT2D eigenvalue weighted by Crippen LogP contribution is -2.43. The number of carbonyl (C=O) groups is 1. The highest BCUT2D eigenvalue weighted by molar-refractivity contribution is 9.10. The van der Waals surface area contributed by atoms with E-state index in [1.54, 1.807) is 12.1 Å². The van der Waals surface area contributed by atoms with Gasteiger partial charge in [0.1, 0.15) is 6.54 Å². The van der Waals surface area contributed by atoms with E-state index in [4.69, 9.17) is 0 Å². The number of halogens is 1. The van der Waals surface area contributed by atoms with Crippen molar-refractivity contribution in [3.8, 4) is 0 Å². The van der Waals surface area contributed by atoms with Crippen LogP contribution in [0.25, 0.3) is 0 Å². The van der Waals surface area contributed by atoms with Crippen LogP contribution in [0.4, 0.5) is 0 Å². The van der Waals surface area contributed by atoms with E-state index in [2.05, 4.69) is 31.3 Å². The summed E-state index contributed by atoms with van der Waals surface area (Å²) < 4.78 is 26.3. The van der Waals surface area contributed by atoms with E-state index in [1.807, 2.05) is 19.9 Å². The molecular weight excluding hydrogens is 372 g/mol. The summed E-state index contributed by atoms with van der Waals surface area (Å²) in [5, 5.41) is 4.14. The number of hydrogen-bond donors (Lipinski definition) is 2. The molecule has 7 nitrogen and oxygen atoms in total. The Morgan fingerprint density at radius 2 is 1.91 bits per heavy atom. The van der Waals surface area contributed by atoms with Crippen molar-refractivity contribution >= 4 is 31.9 Å².